The summed E-state index contributed by atoms with van der Waals surface area (Å²) in [7, 11) is 0. The van der Waals surface area contributed by atoms with E-state index in [-0.39, 0.29) is 11.8 Å². The summed E-state index contributed by atoms with van der Waals surface area (Å²) in [4.78, 5) is 27.7. The summed E-state index contributed by atoms with van der Waals surface area (Å²) in [6, 6.07) is 16.2. The van der Waals surface area contributed by atoms with Crippen molar-refractivity contribution in [3.05, 3.63) is 65.2 Å². The van der Waals surface area contributed by atoms with E-state index in [0.717, 1.165) is 28.4 Å². The lowest BCUT2D eigenvalue weighted by atomic mass is 9.99. The summed E-state index contributed by atoms with van der Waals surface area (Å²) < 4.78 is 0. The Morgan fingerprint density at radius 2 is 1.90 bits per heavy atom. The molecule has 6 nitrogen and oxygen atoms in total. The Hall–Kier alpha value is -3.06. The maximum Gasteiger partial charge on any atom is 0.254 e. The summed E-state index contributed by atoms with van der Waals surface area (Å²) in [6.07, 6.45) is 2.51. The standard InChI is InChI=1S/C22H22N4O2S/c1-15-24-25-21(29-15)17-10-7-11-18(14-17)23-20(27)19-12-5-6-13-26(19)22(28)16-8-3-2-4-9-16/h2-4,7-11,14,19H,5-6,12-13H2,1H3,(H,23,27). The number of aryl methyl sites for hydroxylation is 1. The highest BCUT2D eigenvalue weighted by atomic mass is 32.1. The molecule has 1 unspecified atom stereocenters. The smallest absolute Gasteiger partial charge is 0.254 e. The third kappa shape index (κ3) is 4.35. The molecule has 2 heterocycles. The van der Waals surface area contributed by atoms with Crippen LogP contribution in [-0.2, 0) is 4.79 Å². The minimum Gasteiger partial charge on any atom is -0.327 e. The zero-order valence-electron chi connectivity index (χ0n) is 16.2. The number of rotatable bonds is 4. The number of piperidine rings is 1. The molecule has 3 aromatic rings. The third-order valence-corrected chi connectivity index (χ3v) is 5.88. The molecule has 1 saturated heterocycles. The molecule has 29 heavy (non-hydrogen) atoms. The molecular weight excluding hydrogens is 384 g/mol. The Morgan fingerprint density at radius 3 is 2.66 bits per heavy atom. The van der Waals surface area contributed by atoms with Gasteiger partial charge in [0.2, 0.25) is 5.91 Å². The van der Waals surface area contributed by atoms with E-state index in [1.165, 1.54) is 11.3 Å². The van der Waals surface area contributed by atoms with Crippen LogP contribution in [0, 0.1) is 6.92 Å². The van der Waals surface area contributed by atoms with Crippen LogP contribution in [0.3, 0.4) is 0 Å². The Balaban J connectivity index is 1.51. The number of aromatic nitrogens is 2. The molecule has 0 bridgehead atoms. The van der Waals surface area contributed by atoms with E-state index < -0.39 is 6.04 Å². The first-order valence-electron chi connectivity index (χ1n) is 9.69. The van der Waals surface area contributed by atoms with Crippen molar-refractivity contribution in [3.63, 3.8) is 0 Å². The van der Waals surface area contributed by atoms with Crippen LogP contribution in [0.4, 0.5) is 5.69 Å². The molecule has 1 aliphatic heterocycles. The Labute approximate surface area is 173 Å². The maximum atomic E-state index is 13.0. The lowest BCUT2D eigenvalue weighted by Gasteiger charge is -2.34. The summed E-state index contributed by atoms with van der Waals surface area (Å²) in [5.74, 6) is -0.247. The van der Waals surface area contributed by atoms with E-state index in [1.54, 1.807) is 17.0 Å². The minimum absolute atomic E-state index is 0.0939. The molecule has 1 N–H and O–H groups in total. The van der Waals surface area contributed by atoms with Crippen molar-refractivity contribution in [3.8, 4) is 10.6 Å². The first-order valence-corrected chi connectivity index (χ1v) is 10.5. The first kappa shape index (κ1) is 19.3. The fourth-order valence-corrected chi connectivity index (χ4v) is 4.25. The fourth-order valence-electron chi connectivity index (χ4n) is 3.56. The number of nitrogens with zero attached hydrogens (tertiary/aromatic N) is 3. The monoisotopic (exact) mass is 406 g/mol. The lowest BCUT2D eigenvalue weighted by Crippen LogP contribution is -2.50. The number of hydrogen-bond donors (Lipinski definition) is 1. The van der Waals surface area contributed by atoms with E-state index in [2.05, 4.69) is 15.5 Å². The van der Waals surface area contributed by atoms with Gasteiger partial charge in [-0.25, -0.2) is 0 Å². The van der Waals surface area contributed by atoms with Gasteiger partial charge in [0.25, 0.3) is 5.91 Å². The van der Waals surface area contributed by atoms with Gasteiger partial charge in [0.15, 0.2) is 0 Å². The van der Waals surface area contributed by atoms with Gasteiger partial charge in [-0.1, -0.05) is 41.7 Å². The molecule has 0 spiro atoms. The van der Waals surface area contributed by atoms with Crippen LogP contribution in [0.2, 0.25) is 0 Å². The van der Waals surface area contributed by atoms with Crippen LogP contribution in [0.5, 0.6) is 0 Å². The normalized spacial score (nSPS) is 16.4. The van der Waals surface area contributed by atoms with Crippen LogP contribution in [0.25, 0.3) is 10.6 Å². The van der Waals surface area contributed by atoms with Crippen LogP contribution >= 0.6 is 11.3 Å². The molecule has 1 aromatic heterocycles. The van der Waals surface area contributed by atoms with E-state index >= 15 is 0 Å². The number of amides is 2. The summed E-state index contributed by atoms with van der Waals surface area (Å²) in [5, 5.41) is 12.9. The average molecular weight is 407 g/mol. The number of carbonyl (C=O) groups excluding carboxylic acids is 2. The van der Waals surface area contributed by atoms with Gasteiger partial charge >= 0.3 is 0 Å². The SMILES string of the molecule is Cc1nnc(-c2cccc(NC(=O)C3CCCCN3C(=O)c3ccccc3)c2)s1. The van der Waals surface area contributed by atoms with Crippen LogP contribution in [-0.4, -0.2) is 39.5 Å². The zero-order chi connectivity index (χ0) is 20.2. The number of carbonyl (C=O) groups is 2. The Morgan fingerprint density at radius 1 is 1.07 bits per heavy atom. The van der Waals surface area contributed by atoms with Crippen LogP contribution in [0.15, 0.2) is 54.6 Å². The van der Waals surface area contributed by atoms with E-state index in [0.29, 0.717) is 24.2 Å². The number of likely N-dealkylation sites (tertiary alicyclic amines) is 1. The number of anilines is 1. The second-order valence-electron chi connectivity index (χ2n) is 7.07. The van der Waals surface area contributed by atoms with Gasteiger partial charge in [-0.05, 0) is 50.5 Å². The number of benzene rings is 2. The number of nitrogens with one attached hydrogen (secondary N) is 1. The highest BCUT2D eigenvalue weighted by molar-refractivity contribution is 7.14. The van der Waals surface area contributed by atoms with Crippen molar-refractivity contribution in [2.24, 2.45) is 0 Å². The van der Waals surface area contributed by atoms with Crippen molar-refractivity contribution in [1.29, 1.82) is 0 Å². The molecule has 0 saturated carbocycles. The minimum atomic E-state index is -0.469. The topological polar surface area (TPSA) is 75.2 Å². The van der Waals surface area contributed by atoms with Gasteiger partial charge in [0.1, 0.15) is 16.1 Å². The second kappa shape index (κ2) is 8.53. The van der Waals surface area contributed by atoms with Crippen LogP contribution < -0.4 is 5.32 Å². The van der Waals surface area contributed by atoms with E-state index in [9.17, 15) is 9.59 Å². The van der Waals surface area contributed by atoms with Gasteiger partial charge in [-0.15, -0.1) is 10.2 Å². The van der Waals surface area contributed by atoms with Gasteiger partial charge < -0.3 is 10.2 Å². The summed E-state index contributed by atoms with van der Waals surface area (Å²) in [5.41, 5.74) is 2.22. The molecule has 0 radical (unpaired) electrons. The Kier molecular flexibility index (Phi) is 5.67. The molecule has 1 aliphatic rings. The molecule has 1 fully saturated rings. The van der Waals surface area contributed by atoms with Gasteiger partial charge in [-0.3, -0.25) is 9.59 Å². The predicted molar refractivity (Wildman–Crippen MR) is 114 cm³/mol. The van der Waals surface area contributed by atoms with Crippen molar-refractivity contribution >= 4 is 28.8 Å². The molecule has 2 amide bonds. The van der Waals surface area contributed by atoms with Gasteiger partial charge in [0.05, 0.1) is 0 Å². The number of hydrogen-bond acceptors (Lipinski definition) is 5. The van der Waals surface area contributed by atoms with Crippen molar-refractivity contribution < 1.29 is 9.59 Å². The van der Waals surface area contributed by atoms with Crippen molar-refractivity contribution in [2.75, 3.05) is 11.9 Å². The van der Waals surface area contributed by atoms with Crippen molar-refractivity contribution in [1.82, 2.24) is 15.1 Å². The molecule has 0 aliphatic carbocycles. The summed E-state index contributed by atoms with van der Waals surface area (Å²) in [6.45, 7) is 2.50. The molecule has 148 valence electrons. The quantitative estimate of drug-likeness (QED) is 0.706. The Bertz CT molecular complexity index is 1020. The molecule has 1 atom stereocenters. The highest BCUT2D eigenvalue weighted by Crippen LogP contribution is 2.26. The lowest BCUT2D eigenvalue weighted by molar-refractivity contribution is -0.121. The fraction of sp³-hybridized carbons (Fsp3) is 0.273. The molecule has 7 heteroatoms. The second-order valence-corrected chi connectivity index (χ2v) is 8.25. The van der Waals surface area contributed by atoms with Crippen molar-refractivity contribution in [2.45, 2.75) is 32.2 Å². The van der Waals surface area contributed by atoms with Gasteiger partial charge in [0, 0.05) is 23.4 Å². The van der Waals surface area contributed by atoms with Gasteiger partial charge in [-0.2, -0.15) is 0 Å². The first-order chi connectivity index (χ1) is 14.1. The summed E-state index contributed by atoms with van der Waals surface area (Å²) >= 11 is 1.51. The van der Waals surface area contributed by atoms with Crippen LogP contribution in [0.1, 0.15) is 34.6 Å². The molecular formula is C22H22N4O2S. The highest BCUT2D eigenvalue weighted by Gasteiger charge is 2.32. The molecule has 2 aromatic carbocycles. The van der Waals surface area contributed by atoms with E-state index in [4.69, 9.17) is 0 Å². The van der Waals surface area contributed by atoms with E-state index in [1.807, 2.05) is 49.4 Å². The predicted octanol–water partition coefficient (Wildman–Crippen LogP) is 4.15. The average Bonchev–Trinajstić information content (AvgIpc) is 3.20. The largest absolute Gasteiger partial charge is 0.327 e. The maximum absolute atomic E-state index is 13.0. The zero-order valence-corrected chi connectivity index (χ0v) is 17.0. The molecule has 4 rings (SSSR count). The third-order valence-electron chi connectivity index (χ3n) is 4.99.